The zero-order valence-corrected chi connectivity index (χ0v) is 17.8. The molecule has 1 N–H and O–H groups in total. The topological polar surface area (TPSA) is 79.6 Å². The van der Waals surface area contributed by atoms with Crippen LogP contribution in [0.5, 0.6) is 0 Å². The molecule has 2 aromatic carbocycles. The van der Waals surface area contributed by atoms with Gasteiger partial charge >= 0.3 is 0 Å². The summed E-state index contributed by atoms with van der Waals surface area (Å²) in [5, 5.41) is 3.93. The van der Waals surface area contributed by atoms with Crippen LogP contribution in [0.1, 0.15) is 29.4 Å². The molecule has 1 aliphatic rings. The first-order valence-electron chi connectivity index (χ1n) is 9.92. The van der Waals surface area contributed by atoms with Crippen molar-refractivity contribution in [3.63, 3.8) is 0 Å². The van der Waals surface area contributed by atoms with E-state index in [9.17, 15) is 13.2 Å². The van der Waals surface area contributed by atoms with Gasteiger partial charge in [0.25, 0.3) is 0 Å². The Morgan fingerprint density at radius 2 is 2.00 bits per heavy atom. The van der Waals surface area contributed by atoms with E-state index in [1.807, 2.05) is 49.4 Å². The van der Waals surface area contributed by atoms with Gasteiger partial charge in [0, 0.05) is 42.2 Å². The SMILES string of the molecule is CCc1oc2ccccc2c1C=CC(=O)Nc1cccc2c1CCN(S(C)(=O)=O)C2. The molecule has 1 amide bonds. The van der Waals surface area contributed by atoms with E-state index in [2.05, 4.69) is 5.32 Å². The van der Waals surface area contributed by atoms with E-state index in [1.54, 1.807) is 6.08 Å². The molecule has 6 nitrogen and oxygen atoms in total. The molecule has 4 rings (SSSR count). The van der Waals surface area contributed by atoms with Crippen molar-refractivity contribution in [2.45, 2.75) is 26.3 Å². The molecule has 2 heterocycles. The second kappa shape index (κ2) is 8.08. The summed E-state index contributed by atoms with van der Waals surface area (Å²) in [6.07, 6.45) is 5.83. The number of carbonyl (C=O) groups excluding carboxylic acids is 1. The maximum atomic E-state index is 12.6. The molecule has 0 saturated heterocycles. The Labute approximate surface area is 176 Å². The van der Waals surface area contributed by atoms with Gasteiger partial charge in [0.05, 0.1) is 6.26 Å². The van der Waals surface area contributed by atoms with Crippen LogP contribution in [0.3, 0.4) is 0 Å². The first-order valence-corrected chi connectivity index (χ1v) is 11.8. The molecule has 0 spiro atoms. The summed E-state index contributed by atoms with van der Waals surface area (Å²) in [4.78, 5) is 12.6. The highest BCUT2D eigenvalue weighted by Crippen LogP contribution is 2.29. The number of nitrogens with zero attached hydrogens (tertiary/aromatic N) is 1. The lowest BCUT2D eigenvalue weighted by Crippen LogP contribution is -2.35. The highest BCUT2D eigenvalue weighted by atomic mass is 32.2. The van der Waals surface area contributed by atoms with Gasteiger partial charge in [-0.25, -0.2) is 8.42 Å². The van der Waals surface area contributed by atoms with Crippen molar-refractivity contribution in [3.05, 3.63) is 71.0 Å². The van der Waals surface area contributed by atoms with E-state index in [4.69, 9.17) is 4.42 Å². The molecule has 0 saturated carbocycles. The number of rotatable bonds is 5. The van der Waals surface area contributed by atoms with Gasteiger partial charge in [-0.2, -0.15) is 4.31 Å². The molecule has 0 radical (unpaired) electrons. The van der Waals surface area contributed by atoms with E-state index in [-0.39, 0.29) is 5.91 Å². The summed E-state index contributed by atoms with van der Waals surface area (Å²) >= 11 is 0. The van der Waals surface area contributed by atoms with Crippen molar-refractivity contribution in [2.24, 2.45) is 0 Å². The monoisotopic (exact) mass is 424 g/mol. The first-order chi connectivity index (χ1) is 14.4. The predicted molar refractivity (Wildman–Crippen MR) is 119 cm³/mol. The Morgan fingerprint density at radius 3 is 2.77 bits per heavy atom. The van der Waals surface area contributed by atoms with Gasteiger partial charge in [-0.1, -0.05) is 37.3 Å². The maximum Gasteiger partial charge on any atom is 0.248 e. The van der Waals surface area contributed by atoms with Crippen molar-refractivity contribution >= 4 is 38.7 Å². The molecular formula is C23H24N2O4S. The van der Waals surface area contributed by atoms with Crippen LogP contribution in [0.25, 0.3) is 17.0 Å². The van der Waals surface area contributed by atoms with E-state index in [1.165, 1.54) is 16.6 Å². The Hall–Kier alpha value is -2.90. The van der Waals surface area contributed by atoms with Crippen molar-refractivity contribution in [2.75, 3.05) is 18.1 Å². The number of anilines is 1. The number of fused-ring (bicyclic) bond motifs is 2. The summed E-state index contributed by atoms with van der Waals surface area (Å²) in [6, 6.07) is 13.4. The second-order valence-electron chi connectivity index (χ2n) is 7.40. The number of furan rings is 1. The fourth-order valence-electron chi connectivity index (χ4n) is 3.88. The van der Waals surface area contributed by atoms with Gasteiger partial charge in [0.15, 0.2) is 0 Å². The zero-order valence-electron chi connectivity index (χ0n) is 17.0. The van der Waals surface area contributed by atoms with Gasteiger partial charge in [-0.3, -0.25) is 4.79 Å². The average molecular weight is 425 g/mol. The summed E-state index contributed by atoms with van der Waals surface area (Å²) in [5.41, 5.74) is 4.36. The van der Waals surface area contributed by atoms with Gasteiger partial charge in [0.2, 0.25) is 15.9 Å². The van der Waals surface area contributed by atoms with Crippen molar-refractivity contribution in [3.8, 4) is 0 Å². The number of hydrogen-bond acceptors (Lipinski definition) is 4. The van der Waals surface area contributed by atoms with Gasteiger partial charge in [0.1, 0.15) is 11.3 Å². The third-order valence-electron chi connectivity index (χ3n) is 5.39. The second-order valence-corrected chi connectivity index (χ2v) is 9.38. The van der Waals surface area contributed by atoms with E-state index in [0.717, 1.165) is 45.5 Å². The van der Waals surface area contributed by atoms with Crippen LogP contribution in [-0.4, -0.2) is 31.4 Å². The average Bonchev–Trinajstić information content (AvgIpc) is 3.09. The maximum absolute atomic E-state index is 12.6. The number of carbonyl (C=O) groups is 1. The normalized spacial score (nSPS) is 14.9. The molecule has 1 aliphatic heterocycles. The summed E-state index contributed by atoms with van der Waals surface area (Å²) < 4.78 is 31.0. The van der Waals surface area contributed by atoms with Crippen LogP contribution in [-0.2, 0) is 34.2 Å². The molecule has 156 valence electrons. The highest BCUT2D eigenvalue weighted by Gasteiger charge is 2.24. The van der Waals surface area contributed by atoms with Gasteiger partial charge in [-0.05, 0) is 35.8 Å². The van der Waals surface area contributed by atoms with Crippen LogP contribution < -0.4 is 5.32 Å². The molecule has 0 fully saturated rings. The molecular weight excluding hydrogens is 400 g/mol. The molecule has 7 heteroatoms. The fourth-order valence-corrected chi connectivity index (χ4v) is 4.68. The minimum absolute atomic E-state index is 0.235. The minimum Gasteiger partial charge on any atom is -0.460 e. The lowest BCUT2D eigenvalue weighted by atomic mass is 9.99. The van der Waals surface area contributed by atoms with Crippen molar-refractivity contribution in [1.29, 1.82) is 0 Å². The van der Waals surface area contributed by atoms with Crippen LogP contribution in [0.4, 0.5) is 5.69 Å². The van der Waals surface area contributed by atoms with Crippen molar-refractivity contribution in [1.82, 2.24) is 4.31 Å². The summed E-state index contributed by atoms with van der Waals surface area (Å²) in [6.45, 7) is 2.76. The Kier molecular flexibility index (Phi) is 5.49. The largest absolute Gasteiger partial charge is 0.460 e. The van der Waals surface area contributed by atoms with Crippen LogP contribution in [0, 0.1) is 0 Å². The Morgan fingerprint density at radius 1 is 1.20 bits per heavy atom. The third kappa shape index (κ3) is 4.04. The lowest BCUT2D eigenvalue weighted by molar-refractivity contribution is -0.111. The predicted octanol–water partition coefficient (Wildman–Crippen LogP) is 3.96. The smallest absolute Gasteiger partial charge is 0.248 e. The van der Waals surface area contributed by atoms with E-state index < -0.39 is 10.0 Å². The number of nitrogens with one attached hydrogen (secondary N) is 1. The fraction of sp³-hybridized carbons (Fsp3) is 0.261. The molecule has 0 atom stereocenters. The number of benzene rings is 2. The van der Waals surface area contributed by atoms with E-state index >= 15 is 0 Å². The Balaban J connectivity index is 1.55. The molecule has 0 unspecified atom stereocenters. The molecule has 0 bridgehead atoms. The molecule has 3 aromatic rings. The van der Waals surface area contributed by atoms with Gasteiger partial charge < -0.3 is 9.73 Å². The third-order valence-corrected chi connectivity index (χ3v) is 6.64. The molecule has 1 aromatic heterocycles. The summed E-state index contributed by atoms with van der Waals surface area (Å²) in [7, 11) is -3.24. The van der Waals surface area contributed by atoms with Crippen LogP contribution >= 0.6 is 0 Å². The standard InChI is InChI=1S/C23H24N2O4S/c1-3-21-19(18-8-4-5-10-22(18)29-21)11-12-23(26)24-20-9-6-7-16-15-25(30(2,27)28)14-13-17(16)20/h4-12H,3,13-15H2,1-2H3,(H,24,26). The number of amides is 1. The number of sulfonamides is 1. The molecule has 0 aliphatic carbocycles. The van der Waals surface area contributed by atoms with Gasteiger partial charge in [-0.15, -0.1) is 0 Å². The number of aryl methyl sites for hydroxylation is 1. The van der Waals surface area contributed by atoms with Crippen LogP contribution in [0.2, 0.25) is 0 Å². The van der Waals surface area contributed by atoms with Crippen LogP contribution in [0.15, 0.2) is 53.0 Å². The summed E-state index contributed by atoms with van der Waals surface area (Å²) in [5.74, 6) is 0.611. The Bertz CT molecular complexity index is 1240. The molecule has 30 heavy (non-hydrogen) atoms. The first kappa shape index (κ1) is 20.4. The highest BCUT2D eigenvalue weighted by molar-refractivity contribution is 7.88. The van der Waals surface area contributed by atoms with E-state index in [0.29, 0.717) is 19.5 Å². The quantitative estimate of drug-likeness (QED) is 0.629. The zero-order chi connectivity index (χ0) is 21.3. The lowest BCUT2D eigenvalue weighted by Gasteiger charge is -2.28. The number of hydrogen-bond donors (Lipinski definition) is 1. The number of para-hydroxylation sites is 1. The minimum atomic E-state index is -3.24. The van der Waals surface area contributed by atoms with Crippen molar-refractivity contribution < 1.29 is 17.6 Å².